The summed E-state index contributed by atoms with van der Waals surface area (Å²) in [5.41, 5.74) is 3.09. The molecule has 116 valence electrons. The zero-order valence-corrected chi connectivity index (χ0v) is 14.0. The number of aromatic amines is 1. The zero-order chi connectivity index (χ0) is 16.2. The standard InChI is InChI=1S/C17H14ClN3OS/c1-11-8-9-19-15(18)13(11)10-23-17-20-14-7-5-3-2-4-6-12(14)16(22)21-17/h2-9H,10H2,1H3,(H,20,21,22). The molecule has 2 aromatic heterocycles. The quantitative estimate of drug-likeness (QED) is 0.519. The molecule has 1 aliphatic rings. The molecule has 0 unspecified atom stereocenters. The van der Waals surface area contributed by atoms with E-state index >= 15 is 0 Å². The second kappa shape index (κ2) is 6.98. The highest BCUT2D eigenvalue weighted by Crippen LogP contribution is 2.26. The monoisotopic (exact) mass is 343 g/mol. The maximum Gasteiger partial charge on any atom is 0.259 e. The summed E-state index contributed by atoms with van der Waals surface area (Å²) in [4.78, 5) is 23.7. The van der Waals surface area contributed by atoms with Crippen molar-refractivity contribution in [1.29, 1.82) is 0 Å². The van der Waals surface area contributed by atoms with Gasteiger partial charge in [-0.3, -0.25) is 4.79 Å². The summed E-state index contributed by atoms with van der Waals surface area (Å²) >= 11 is 7.57. The number of rotatable bonds is 3. The predicted molar refractivity (Wildman–Crippen MR) is 95.6 cm³/mol. The Bertz CT molecular complexity index is 864. The second-order valence-corrected chi connectivity index (χ2v) is 6.28. The number of fused-ring (bicyclic) bond motifs is 1. The van der Waals surface area contributed by atoms with Crippen molar-refractivity contribution >= 4 is 35.5 Å². The highest BCUT2D eigenvalue weighted by Gasteiger charge is 2.10. The van der Waals surface area contributed by atoms with Gasteiger partial charge in [0.2, 0.25) is 0 Å². The molecule has 0 radical (unpaired) electrons. The van der Waals surface area contributed by atoms with E-state index in [0.717, 1.165) is 11.1 Å². The summed E-state index contributed by atoms with van der Waals surface area (Å²) in [7, 11) is 0. The molecule has 1 aliphatic carbocycles. The average Bonchev–Trinajstić information content (AvgIpc) is 2.48. The maximum atomic E-state index is 12.2. The van der Waals surface area contributed by atoms with Crippen molar-refractivity contribution in [3.05, 3.63) is 74.5 Å². The van der Waals surface area contributed by atoms with Crippen molar-refractivity contribution in [3.8, 4) is 0 Å². The van der Waals surface area contributed by atoms with Gasteiger partial charge >= 0.3 is 0 Å². The minimum atomic E-state index is -0.150. The Morgan fingerprint density at radius 1 is 1.22 bits per heavy atom. The maximum absolute atomic E-state index is 12.2. The van der Waals surface area contributed by atoms with Crippen LogP contribution in [0, 0.1) is 6.92 Å². The summed E-state index contributed by atoms with van der Waals surface area (Å²) < 4.78 is 0. The number of thioether (sulfide) groups is 1. The first-order valence-electron chi connectivity index (χ1n) is 7.03. The minimum Gasteiger partial charge on any atom is -0.301 e. The molecule has 0 saturated heterocycles. The van der Waals surface area contributed by atoms with Gasteiger partial charge in [-0.1, -0.05) is 47.7 Å². The number of halogens is 1. The van der Waals surface area contributed by atoms with E-state index in [-0.39, 0.29) is 5.56 Å². The lowest BCUT2D eigenvalue weighted by Crippen LogP contribution is -2.14. The van der Waals surface area contributed by atoms with Gasteiger partial charge in [0.05, 0.1) is 11.3 Å². The molecule has 0 atom stereocenters. The van der Waals surface area contributed by atoms with Gasteiger partial charge in [-0.2, -0.15) is 0 Å². The number of pyridine rings is 1. The van der Waals surface area contributed by atoms with Crippen LogP contribution in [-0.4, -0.2) is 15.0 Å². The fraction of sp³-hybridized carbons (Fsp3) is 0.118. The number of nitrogens with zero attached hydrogens (tertiary/aromatic N) is 2. The smallest absolute Gasteiger partial charge is 0.259 e. The van der Waals surface area contributed by atoms with Crippen molar-refractivity contribution < 1.29 is 0 Å². The van der Waals surface area contributed by atoms with Gasteiger partial charge < -0.3 is 4.98 Å². The molecular weight excluding hydrogens is 330 g/mol. The molecule has 0 fully saturated rings. The van der Waals surface area contributed by atoms with Crippen LogP contribution in [0.1, 0.15) is 22.4 Å². The van der Waals surface area contributed by atoms with Crippen LogP contribution in [0.3, 0.4) is 0 Å². The van der Waals surface area contributed by atoms with E-state index in [1.807, 2.05) is 43.4 Å². The highest BCUT2D eigenvalue weighted by molar-refractivity contribution is 7.98. The van der Waals surface area contributed by atoms with E-state index in [4.69, 9.17) is 11.6 Å². The second-order valence-electron chi connectivity index (χ2n) is 4.96. The number of hydrogen-bond donors (Lipinski definition) is 1. The van der Waals surface area contributed by atoms with E-state index < -0.39 is 0 Å². The van der Waals surface area contributed by atoms with Crippen molar-refractivity contribution in [2.75, 3.05) is 0 Å². The molecule has 0 aliphatic heterocycles. The number of hydrogen-bond acceptors (Lipinski definition) is 4. The molecule has 0 saturated carbocycles. The number of aryl methyl sites for hydroxylation is 1. The van der Waals surface area contributed by atoms with Gasteiger partial charge in [-0.25, -0.2) is 9.97 Å². The SMILES string of the molecule is Cc1ccnc(Cl)c1CSc1nc2c(c(=O)[nH]1)\C=C/C=C\C=C/2. The Hall–Kier alpha value is -2.11. The molecule has 0 amide bonds. The lowest BCUT2D eigenvalue weighted by Gasteiger charge is -2.08. The summed E-state index contributed by atoms with van der Waals surface area (Å²) in [6.45, 7) is 1.99. The fourth-order valence-electron chi connectivity index (χ4n) is 2.13. The van der Waals surface area contributed by atoms with Gasteiger partial charge in [0.25, 0.3) is 5.56 Å². The highest BCUT2D eigenvalue weighted by atomic mass is 35.5. The third-order valence-electron chi connectivity index (χ3n) is 3.40. The van der Waals surface area contributed by atoms with Crippen molar-refractivity contribution in [2.24, 2.45) is 0 Å². The van der Waals surface area contributed by atoms with E-state index in [0.29, 0.717) is 27.3 Å². The summed E-state index contributed by atoms with van der Waals surface area (Å²) in [5.74, 6) is 0.597. The average molecular weight is 344 g/mol. The Morgan fingerprint density at radius 3 is 2.78 bits per heavy atom. The number of nitrogens with one attached hydrogen (secondary N) is 1. The number of allylic oxidation sites excluding steroid dienone is 4. The Balaban J connectivity index is 1.89. The van der Waals surface area contributed by atoms with Crippen LogP contribution in [0.5, 0.6) is 0 Å². The van der Waals surface area contributed by atoms with E-state index in [9.17, 15) is 4.79 Å². The van der Waals surface area contributed by atoms with Gasteiger partial charge in [-0.05, 0) is 30.7 Å². The van der Waals surface area contributed by atoms with Gasteiger partial charge in [0.15, 0.2) is 5.16 Å². The first-order chi connectivity index (χ1) is 11.1. The van der Waals surface area contributed by atoms with E-state index in [2.05, 4.69) is 15.0 Å². The number of aromatic nitrogens is 3. The van der Waals surface area contributed by atoms with Crippen molar-refractivity contribution in [2.45, 2.75) is 17.8 Å². The molecule has 3 rings (SSSR count). The minimum absolute atomic E-state index is 0.150. The first kappa shape index (κ1) is 15.8. The topological polar surface area (TPSA) is 58.6 Å². The van der Waals surface area contributed by atoms with E-state index in [1.54, 1.807) is 12.3 Å². The molecule has 2 aromatic rings. The van der Waals surface area contributed by atoms with Gasteiger partial charge in [0.1, 0.15) is 5.15 Å². The van der Waals surface area contributed by atoms with Crippen LogP contribution in [-0.2, 0) is 5.75 Å². The van der Waals surface area contributed by atoms with E-state index in [1.165, 1.54) is 11.8 Å². The van der Waals surface area contributed by atoms with Crippen LogP contribution in [0.2, 0.25) is 5.15 Å². The third kappa shape index (κ3) is 3.63. The van der Waals surface area contributed by atoms with Crippen LogP contribution < -0.4 is 5.56 Å². The lowest BCUT2D eigenvalue weighted by atomic mass is 10.1. The Morgan fingerprint density at radius 2 is 2.00 bits per heavy atom. The zero-order valence-electron chi connectivity index (χ0n) is 12.4. The molecule has 0 aromatic carbocycles. The molecule has 6 heteroatoms. The molecule has 0 spiro atoms. The third-order valence-corrected chi connectivity index (χ3v) is 4.63. The van der Waals surface area contributed by atoms with Crippen LogP contribution in [0.4, 0.5) is 0 Å². The van der Waals surface area contributed by atoms with Crippen molar-refractivity contribution in [1.82, 2.24) is 15.0 Å². The summed E-state index contributed by atoms with van der Waals surface area (Å²) in [5, 5.41) is 1.05. The predicted octanol–water partition coefficient (Wildman–Crippen LogP) is 4.02. The van der Waals surface area contributed by atoms with Crippen molar-refractivity contribution in [3.63, 3.8) is 0 Å². The first-order valence-corrected chi connectivity index (χ1v) is 8.40. The van der Waals surface area contributed by atoms with Gasteiger partial charge in [-0.15, -0.1) is 0 Å². The fourth-order valence-corrected chi connectivity index (χ4v) is 3.46. The molecule has 23 heavy (non-hydrogen) atoms. The normalized spacial score (nSPS) is 17.0. The molecular formula is C17H14ClN3OS. The lowest BCUT2D eigenvalue weighted by molar-refractivity contribution is 0.922. The van der Waals surface area contributed by atoms with Gasteiger partial charge in [0, 0.05) is 17.5 Å². The molecule has 2 heterocycles. The Labute approximate surface area is 143 Å². The van der Waals surface area contributed by atoms with Crippen LogP contribution >= 0.6 is 23.4 Å². The largest absolute Gasteiger partial charge is 0.301 e. The molecule has 0 bridgehead atoms. The Kier molecular flexibility index (Phi) is 4.79. The molecule has 1 N–H and O–H groups in total. The summed E-state index contributed by atoms with van der Waals surface area (Å²) in [6, 6.07) is 1.92. The summed E-state index contributed by atoms with van der Waals surface area (Å²) in [6.07, 6.45) is 12.7. The van der Waals surface area contributed by atoms with Crippen LogP contribution in [0.25, 0.3) is 12.2 Å². The number of H-pyrrole nitrogens is 1. The van der Waals surface area contributed by atoms with Crippen LogP contribution in [0.15, 0.2) is 46.5 Å². The molecule has 4 nitrogen and oxygen atoms in total.